The van der Waals surface area contributed by atoms with Crippen molar-refractivity contribution in [1.82, 2.24) is 4.98 Å². The molecule has 5 heteroatoms. The van der Waals surface area contributed by atoms with Gasteiger partial charge in [0.1, 0.15) is 11.6 Å². The van der Waals surface area contributed by atoms with E-state index in [1.54, 1.807) is 0 Å². The Morgan fingerprint density at radius 1 is 1.30 bits per heavy atom. The molecular weight excluding hydrogens is 298 g/mol. The second-order valence-electron chi connectivity index (χ2n) is 4.61. The van der Waals surface area contributed by atoms with Crippen molar-refractivity contribution >= 4 is 29.0 Å². The summed E-state index contributed by atoms with van der Waals surface area (Å²) < 4.78 is 13.2. The van der Waals surface area contributed by atoms with E-state index in [1.807, 2.05) is 43.1 Å². The molecule has 0 saturated carbocycles. The first-order valence-electron chi connectivity index (χ1n) is 6.21. The minimum Gasteiger partial charge on any atom is -0.353 e. The van der Waals surface area contributed by atoms with E-state index >= 15 is 0 Å². The van der Waals surface area contributed by atoms with Crippen LogP contribution in [0, 0.1) is 5.82 Å². The van der Waals surface area contributed by atoms with Crippen molar-refractivity contribution in [2.24, 2.45) is 0 Å². The Labute approximate surface area is 128 Å². The van der Waals surface area contributed by atoms with E-state index in [4.69, 9.17) is 23.2 Å². The molecule has 0 N–H and O–H groups in total. The number of hydrogen-bond acceptors (Lipinski definition) is 2. The summed E-state index contributed by atoms with van der Waals surface area (Å²) in [4.78, 5) is 6.13. The first kappa shape index (κ1) is 15.1. The average molecular weight is 313 g/mol. The van der Waals surface area contributed by atoms with Crippen LogP contribution >= 0.6 is 23.2 Å². The zero-order valence-corrected chi connectivity index (χ0v) is 12.8. The lowest BCUT2D eigenvalue weighted by atomic mass is 10.1. The molecule has 2 rings (SSSR count). The summed E-state index contributed by atoms with van der Waals surface area (Å²) in [6.07, 6.45) is 1.20. The highest BCUT2D eigenvalue weighted by molar-refractivity contribution is 6.30. The van der Waals surface area contributed by atoms with Gasteiger partial charge in [-0.2, -0.15) is 0 Å². The Kier molecular flexibility index (Phi) is 4.84. The molecule has 106 valence electrons. The quantitative estimate of drug-likeness (QED) is 0.753. The van der Waals surface area contributed by atoms with Crippen molar-refractivity contribution in [2.45, 2.75) is 18.8 Å². The van der Waals surface area contributed by atoms with Gasteiger partial charge in [-0.05, 0) is 30.7 Å². The molecule has 0 bridgehead atoms. The van der Waals surface area contributed by atoms with E-state index in [1.165, 1.54) is 12.3 Å². The molecule has 0 aliphatic carbocycles. The van der Waals surface area contributed by atoms with Crippen LogP contribution in [0.25, 0.3) is 0 Å². The number of aromatic nitrogens is 1. The van der Waals surface area contributed by atoms with Crippen LogP contribution in [0.15, 0.2) is 36.5 Å². The van der Waals surface area contributed by atoms with Gasteiger partial charge in [0.15, 0.2) is 0 Å². The van der Waals surface area contributed by atoms with Gasteiger partial charge >= 0.3 is 0 Å². The van der Waals surface area contributed by atoms with Crippen LogP contribution in [0.2, 0.25) is 5.02 Å². The number of rotatable bonds is 4. The van der Waals surface area contributed by atoms with E-state index in [2.05, 4.69) is 4.98 Å². The Bertz CT molecular complexity index is 587. The molecule has 2 aromatic rings. The molecule has 1 atom stereocenters. The van der Waals surface area contributed by atoms with Gasteiger partial charge in [0.25, 0.3) is 0 Å². The van der Waals surface area contributed by atoms with Gasteiger partial charge in [0.05, 0.1) is 18.1 Å². The smallest absolute Gasteiger partial charge is 0.141 e. The number of pyridine rings is 1. The molecule has 1 unspecified atom stereocenters. The lowest BCUT2D eigenvalue weighted by molar-refractivity contribution is 0.617. The fraction of sp³-hybridized carbons (Fsp3) is 0.267. The van der Waals surface area contributed by atoms with Gasteiger partial charge < -0.3 is 4.90 Å². The minimum atomic E-state index is -0.378. The molecule has 0 saturated heterocycles. The summed E-state index contributed by atoms with van der Waals surface area (Å²) in [6, 6.07) is 9.12. The molecule has 0 amide bonds. The predicted molar refractivity (Wildman–Crippen MR) is 82.0 cm³/mol. The van der Waals surface area contributed by atoms with Crippen LogP contribution in [0.4, 0.5) is 10.2 Å². The minimum absolute atomic E-state index is 0.0761. The molecule has 0 spiro atoms. The lowest BCUT2D eigenvalue weighted by Crippen LogP contribution is -2.23. The molecule has 0 aliphatic rings. The summed E-state index contributed by atoms with van der Waals surface area (Å²) in [5, 5.41) is 0.699. The number of benzene rings is 1. The fourth-order valence-corrected chi connectivity index (χ4v) is 2.36. The monoisotopic (exact) mass is 312 g/mol. The van der Waals surface area contributed by atoms with Crippen molar-refractivity contribution in [3.05, 3.63) is 58.5 Å². The highest BCUT2D eigenvalue weighted by atomic mass is 35.5. The number of alkyl halides is 1. The topological polar surface area (TPSA) is 16.1 Å². The highest BCUT2D eigenvalue weighted by Crippen LogP contribution is 2.28. The van der Waals surface area contributed by atoms with Crippen LogP contribution in [0.3, 0.4) is 0 Å². The summed E-state index contributed by atoms with van der Waals surface area (Å²) in [5.74, 6) is 0.526. The number of anilines is 1. The van der Waals surface area contributed by atoms with Crippen LogP contribution in [0.5, 0.6) is 0 Å². The van der Waals surface area contributed by atoms with Crippen LogP contribution in [0.1, 0.15) is 24.1 Å². The van der Waals surface area contributed by atoms with Gasteiger partial charge in [0, 0.05) is 17.6 Å². The van der Waals surface area contributed by atoms with Gasteiger partial charge in [-0.1, -0.05) is 23.7 Å². The Hall–Kier alpha value is -1.32. The molecule has 0 aliphatic heterocycles. The maximum atomic E-state index is 13.2. The van der Waals surface area contributed by atoms with Crippen molar-refractivity contribution in [3.8, 4) is 0 Å². The maximum Gasteiger partial charge on any atom is 0.141 e. The number of hydrogen-bond donors (Lipinski definition) is 0. The molecule has 2 nitrogen and oxygen atoms in total. The van der Waals surface area contributed by atoms with Gasteiger partial charge in [0.2, 0.25) is 0 Å². The van der Waals surface area contributed by atoms with Crippen LogP contribution in [-0.4, -0.2) is 12.0 Å². The van der Waals surface area contributed by atoms with E-state index in [0.29, 0.717) is 16.4 Å². The summed E-state index contributed by atoms with van der Waals surface area (Å²) in [7, 11) is 1.91. The molecule has 1 aromatic carbocycles. The third-order valence-electron chi connectivity index (χ3n) is 3.32. The lowest BCUT2D eigenvalue weighted by Gasteiger charge is -2.28. The van der Waals surface area contributed by atoms with Crippen molar-refractivity contribution in [1.29, 1.82) is 0 Å². The zero-order valence-electron chi connectivity index (χ0n) is 11.3. The standard InChI is InChI=1S/C15H15Cl2FN2/c1-10(11-3-5-13(17)6-4-11)20(2)15-12(8-16)7-14(18)9-19-15/h3-7,9-10H,8H2,1-2H3. The molecule has 0 radical (unpaired) electrons. The van der Waals surface area contributed by atoms with E-state index in [0.717, 1.165) is 5.56 Å². The largest absolute Gasteiger partial charge is 0.353 e. The second-order valence-corrected chi connectivity index (χ2v) is 5.31. The fourth-order valence-electron chi connectivity index (χ4n) is 2.04. The van der Waals surface area contributed by atoms with Gasteiger partial charge in [-0.25, -0.2) is 9.37 Å². The summed E-state index contributed by atoms with van der Waals surface area (Å²) in [5.41, 5.74) is 1.78. The molecule has 20 heavy (non-hydrogen) atoms. The average Bonchev–Trinajstić information content (AvgIpc) is 2.46. The summed E-state index contributed by atoms with van der Waals surface area (Å²) >= 11 is 11.8. The Morgan fingerprint density at radius 3 is 2.55 bits per heavy atom. The van der Waals surface area contributed by atoms with E-state index < -0.39 is 0 Å². The van der Waals surface area contributed by atoms with E-state index in [9.17, 15) is 4.39 Å². The maximum absolute atomic E-state index is 13.2. The SMILES string of the molecule is CC(c1ccc(Cl)cc1)N(C)c1ncc(F)cc1CCl. The Balaban J connectivity index is 2.30. The zero-order chi connectivity index (χ0) is 14.7. The third kappa shape index (κ3) is 3.22. The van der Waals surface area contributed by atoms with Crippen LogP contribution in [-0.2, 0) is 5.88 Å². The van der Waals surface area contributed by atoms with Crippen molar-refractivity contribution in [2.75, 3.05) is 11.9 Å². The van der Waals surface area contributed by atoms with Crippen molar-refractivity contribution in [3.63, 3.8) is 0 Å². The second kappa shape index (κ2) is 6.42. The highest BCUT2D eigenvalue weighted by Gasteiger charge is 2.17. The van der Waals surface area contributed by atoms with Crippen LogP contribution < -0.4 is 4.90 Å². The summed E-state index contributed by atoms with van der Waals surface area (Å²) in [6.45, 7) is 2.05. The number of halogens is 3. The number of nitrogens with zero attached hydrogens (tertiary/aromatic N) is 2. The van der Waals surface area contributed by atoms with Gasteiger partial charge in [-0.3, -0.25) is 0 Å². The van der Waals surface area contributed by atoms with E-state index in [-0.39, 0.29) is 17.7 Å². The normalized spacial score (nSPS) is 12.2. The third-order valence-corrected chi connectivity index (χ3v) is 3.86. The molecule has 0 fully saturated rings. The molecule has 1 aromatic heterocycles. The van der Waals surface area contributed by atoms with Crippen molar-refractivity contribution < 1.29 is 4.39 Å². The first-order valence-corrected chi connectivity index (χ1v) is 7.13. The Morgan fingerprint density at radius 2 is 1.95 bits per heavy atom. The molecular formula is C15H15Cl2FN2. The predicted octanol–water partition coefficient (Wildman–Crippen LogP) is 4.81. The van der Waals surface area contributed by atoms with Gasteiger partial charge in [-0.15, -0.1) is 11.6 Å². The first-order chi connectivity index (χ1) is 9.52. The molecule has 1 heterocycles.